The Morgan fingerprint density at radius 2 is 0.759 bits per heavy atom. The van der Waals surface area contributed by atoms with Gasteiger partial charge in [0.25, 0.3) is 0 Å². The smallest absolute Gasteiger partial charge is 0.242 e. The highest BCUT2D eigenvalue weighted by molar-refractivity contribution is 5.88. The van der Waals surface area contributed by atoms with E-state index in [1.54, 1.807) is 0 Å². The van der Waals surface area contributed by atoms with Gasteiger partial charge in [-0.3, -0.25) is 19.2 Å². The Hall–Kier alpha value is -2.16. The largest absolute Gasteiger partial charge is 0.354 e. The molecule has 54 heavy (non-hydrogen) atoms. The van der Waals surface area contributed by atoms with Crippen molar-refractivity contribution in [2.75, 3.05) is 39.3 Å². The third kappa shape index (κ3) is 22.4. The number of carbonyl (C=O) groups is 4. The van der Waals surface area contributed by atoms with Crippen LogP contribution in [-0.2, 0) is 19.2 Å². The highest BCUT2D eigenvalue weighted by Crippen LogP contribution is 2.21. The molecule has 2 atom stereocenters. The van der Waals surface area contributed by atoms with Crippen LogP contribution in [-0.4, -0.2) is 84.8 Å². The Balaban J connectivity index is 1.43. The van der Waals surface area contributed by atoms with Crippen LogP contribution in [0.1, 0.15) is 213 Å². The number of unbranched alkanes of at least 4 members (excludes halogenated alkanes) is 21. The van der Waals surface area contributed by atoms with Crippen molar-refractivity contribution in [2.45, 2.75) is 225 Å². The number of hydrogen-bond acceptors (Lipinski definition) is 5. The van der Waals surface area contributed by atoms with E-state index in [9.17, 15) is 19.2 Å². The summed E-state index contributed by atoms with van der Waals surface area (Å²) in [4.78, 5) is 55.2. The van der Waals surface area contributed by atoms with Crippen molar-refractivity contribution in [1.29, 1.82) is 0 Å². The van der Waals surface area contributed by atoms with Crippen LogP contribution in [0.25, 0.3) is 0 Å². The van der Waals surface area contributed by atoms with E-state index < -0.39 is 0 Å². The van der Waals surface area contributed by atoms with Crippen LogP contribution >= 0.6 is 0 Å². The van der Waals surface area contributed by atoms with E-state index in [-0.39, 0.29) is 35.7 Å². The fourth-order valence-corrected chi connectivity index (χ4v) is 8.22. The normalized spacial score (nSPS) is 17.0. The van der Waals surface area contributed by atoms with Crippen LogP contribution in [0.3, 0.4) is 0 Å². The van der Waals surface area contributed by atoms with Crippen molar-refractivity contribution in [3.63, 3.8) is 0 Å². The summed E-state index contributed by atoms with van der Waals surface area (Å²) in [6.45, 7) is 8.84. The molecule has 2 aliphatic heterocycles. The Kier molecular flexibility index (Phi) is 29.3. The first-order valence-corrected chi connectivity index (χ1v) is 23.3. The van der Waals surface area contributed by atoms with Gasteiger partial charge < -0.3 is 25.8 Å². The molecular weight excluding hydrogens is 675 g/mol. The molecule has 0 saturated carbocycles. The van der Waals surface area contributed by atoms with E-state index in [1.165, 1.54) is 116 Å². The highest BCUT2D eigenvalue weighted by Gasteiger charge is 2.34. The van der Waals surface area contributed by atoms with Gasteiger partial charge in [-0.05, 0) is 70.9 Å². The number of hydrogen-bond donors (Lipinski definition) is 3. The van der Waals surface area contributed by atoms with Crippen LogP contribution in [0.5, 0.6) is 0 Å². The predicted molar refractivity (Wildman–Crippen MR) is 224 cm³/mol. The molecular formula is C45H85N5O4. The molecule has 0 bridgehead atoms. The number of carbonyl (C=O) groups excluding carboxylic acids is 4. The van der Waals surface area contributed by atoms with Gasteiger partial charge in [0.05, 0.1) is 0 Å². The minimum Gasteiger partial charge on any atom is -0.354 e. The molecule has 0 aromatic rings. The van der Waals surface area contributed by atoms with Gasteiger partial charge in [-0.1, -0.05) is 142 Å². The molecule has 2 rings (SSSR count). The van der Waals surface area contributed by atoms with Crippen molar-refractivity contribution in [1.82, 2.24) is 25.8 Å². The third-order valence-corrected chi connectivity index (χ3v) is 11.6. The van der Waals surface area contributed by atoms with Crippen LogP contribution < -0.4 is 16.0 Å². The maximum absolute atomic E-state index is 12.9. The van der Waals surface area contributed by atoms with E-state index in [2.05, 4.69) is 29.8 Å². The van der Waals surface area contributed by atoms with E-state index >= 15 is 0 Å². The van der Waals surface area contributed by atoms with Crippen LogP contribution in [0, 0.1) is 0 Å². The SMILES string of the molecule is CCCCCCCCCCCCCC(=O)N1CCCC1C(=O)NCCCCNCCCNC(=O)C1CCCN1C(=O)CCCCCCCCCCCCC. The number of nitrogens with one attached hydrogen (secondary N) is 3. The summed E-state index contributed by atoms with van der Waals surface area (Å²) >= 11 is 0. The molecule has 0 radical (unpaired) electrons. The van der Waals surface area contributed by atoms with Crippen molar-refractivity contribution in [2.24, 2.45) is 0 Å². The van der Waals surface area contributed by atoms with E-state index in [0.29, 0.717) is 39.0 Å². The molecule has 4 amide bonds. The predicted octanol–water partition coefficient (Wildman–Crippen LogP) is 9.36. The zero-order valence-corrected chi connectivity index (χ0v) is 35.3. The van der Waals surface area contributed by atoms with Crippen molar-refractivity contribution in [3.05, 3.63) is 0 Å². The maximum Gasteiger partial charge on any atom is 0.242 e. The molecule has 2 unspecified atom stereocenters. The molecule has 0 aromatic carbocycles. The second-order valence-corrected chi connectivity index (χ2v) is 16.5. The van der Waals surface area contributed by atoms with E-state index in [0.717, 1.165) is 83.7 Å². The first-order valence-electron chi connectivity index (χ1n) is 23.3. The van der Waals surface area contributed by atoms with Crippen molar-refractivity contribution in [3.8, 4) is 0 Å². The molecule has 314 valence electrons. The molecule has 0 aliphatic carbocycles. The summed E-state index contributed by atoms with van der Waals surface area (Å²) in [6, 6.07) is -0.612. The Bertz CT molecular complexity index is 902. The first kappa shape index (κ1) is 48.0. The quantitative estimate of drug-likeness (QED) is 0.0558. The topological polar surface area (TPSA) is 111 Å². The zero-order chi connectivity index (χ0) is 38.9. The molecule has 0 aromatic heterocycles. The second kappa shape index (κ2) is 33.0. The number of rotatable bonds is 35. The Morgan fingerprint density at radius 1 is 0.426 bits per heavy atom. The number of likely N-dealkylation sites (tertiary alicyclic amines) is 2. The van der Waals surface area contributed by atoms with Crippen molar-refractivity contribution < 1.29 is 19.2 Å². The lowest BCUT2D eigenvalue weighted by atomic mass is 10.0. The fourth-order valence-electron chi connectivity index (χ4n) is 8.22. The third-order valence-electron chi connectivity index (χ3n) is 11.6. The summed E-state index contributed by atoms with van der Waals surface area (Å²) in [5.74, 6) is 0.283. The zero-order valence-electron chi connectivity index (χ0n) is 35.3. The minimum atomic E-state index is -0.308. The maximum atomic E-state index is 12.9. The summed E-state index contributed by atoms with van der Waals surface area (Å²) in [5, 5.41) is 9.58. The number of amides is 4. The first-order chi connectivity index (χ1) is 26.5. The van der Waals surface area contributed by atoms with Gasteiger partial charge in [-0.2, -0.15) is 0 Å². The lowest BCUT2D eigenvalue weighted by Crippen LogP contribution is -2.46. The summed E-state index contributed by atoms with van der Waals surface area (Å²) in [6.07, 6.45) is 35.0. The fraction of sp³-hybridized carbons (Fsp3) is 0.911. The lowest BCUT2D eigenvalue weighted by Gasteiger charge is -2.24. The van der Waals surface area contributed by atoms with Gasteiger partial charge in [0.1, 0.15) is 12.1 Å². The van der Waals surface area contributed by atoms with Crippen LogP contribution in [0.2, 0.25) is 0 Å². The van der Waals surface area contributed by atoms with Gasteiger partial charge in [-0.25, -0.2) is 0 Å². The number of nitrogens with zero attached hydrogens (tertiary/aromatic N) is 2. The summed E-state index contributed by atoms with van der Waals surface area (Å²) in [7, 11) is 0. The lowest BCUT2D eigenvalue weighted by molar-refractivity contribution is -0.138. The van der Waals surface area contributed by atoms with Gasteiger partial charge >= 0.3 is 0 Å². The summed E-state index contributed by atoms with van der Waals surface area (Å²) in [5.41, 5.74) is 0. The van der Waals surface area contributed by atoms with Gasteiger partial charge in [0.2, 0.25) is 23.6 Å². The molecule has 2 fully saturated rings. The molecule has 9 nitrogen and oxygen atoms in total. The standard InChI is InChI=1S/C45H85N5O4/c1-3-5-7-9-11-13-15-17-19-21-23-32-42(51)49-38-27-30-40(49)44(53)47-36-26-25-34-46-35-29-37-48-45(54)41-31-28-39-50(41)43(52)33-24-22-20-18-16-14-12-10-8-6-4-2/h40-41,46H,3-39H2,1-2H3,(H,47,53)(H,48,54). The molecule has 2 saturated heterocycles. The van der Waals surface area contributed by atoms with Gasteiger partial charge in [0.15, 0.2) is 0 Å². The average molecular weight is 760 g/mol. The Morgan fingerprint density at radius 3 is 1.17 bits per heavy atom. The molecule has 2 heterocycles. The second-order valence-electron chi connectivity index (χ2n) is 16.5. The van der Waals surface area contributed by atoms with Gasteiger partial charge in [0, 0.05) is 39.0 Å². The minimum absolute atomic E-state index is 0.0000926. The molecule has 2 aliphatic rings. The molecule has 0 spiro atoms. The molecule has 3 N–H and O–H groups in total. The van der Waals surface area contributed by atoms with E-state index in [1.807, 2.05) is 9.80 Å². The summed E-state index contributed by atoms with van der Waals surface area (Å²) < 4.78 is 0. The van der Waals surface area contributed by atoms with Crippen molar-refractivity contribution >= 4 is 23.6 Å². The highest BCUT2D eigenvalue weighted by atomic mass is 16.2. The van der Waals surface area contributed by atoms with Crippen LogP contribution in [0.15, 0.2) is 0 Å². The van der Waals surface area contributed by atoms with E-state index in [4.69, 9.17) is 0 Å². The monoisotopic (exact) mass is 760 g/mol. The average Bonchev–Trinajstić information content (AvgIpc) is 3.88. The Labute approximate surface area is 332 Å². The van der Waals surface area contributed by atoms with Crippen LogP contribution in [0.4, 0.5) is 0 Å². The van der Waals surface area contributed by atoms with Gasteiger partial charge in [-0.15, -0.1) is 0 Å². The molecule has 9 heteroatoms.